The molecule has 0 aliphatic carbocycles. The third kappa shape index (κ3) is 3.99. The lowest BCUT2D eigenvalue weighted by Crippen LogP contribution is -2.43. The maximum absolute atomic E-state index is 12.1. The maximum Gasteiger partial charge on any atom is 0.277 e. The summed E-state index contributed by atoms with van der Waals surface area (Å²) < 4.78 is 5.23. The van der Waals surface area contributed by atoms with Gasteiger partial charge < -0.3 is 15.1 Å². The predicted octanol–water partition coefficient (Wildman–Crippen LogP) is 1.27. The van der Waals surface area contributed by atoms with Crippen LogP contribution in [0.5, 0.6) is 0 Å². The fraction of sp³-hybridized carbons (Fsp3) is 0.727. The molecule has 6 nitrogen and oxygen atoms in total. The molecule has 1 heterocycles. The van der Waals surface area contributed by atoms with Gasteiger partial charge in [0.05, 0.1) is 12.3 Å². The zero-order valence-electron chi connectivity index (χ0n) is 11.2. The van der Waals surface area contributed by atoms with Gasteiger partial charge in [-0.3, -0.25) is 4.79 Å². The van der Waals surface area contributed by atoms with Gasteiger partial charge in [0.2, 0.25) is 11.8 Å². The van der Waals surface area contributed by atoms with Crippen molar-refractivity contribution in [3.05, 3.63) is 5.89 Å². The molecule has 0 unspecified atom stereocenters. The quantitative estimate of drug-likeness (QED) is 0.785. The number of carbonyl (C=O) groups excluding carboxylic acids is 1. The van der Waals surface area contributed by atoms with Crippen LogP contribution in [0.25, 0.3) is 0 Å². The maximum atomic E-state index is 12.1. The van der Waals surface area contributed by atoms with E-state index in [0.717, 1.165) is 0 Å². The summed E-state index contributed by atoms with van der Waals surface area (Å²) >= 11 is 1.24. The fourth-order valence-electron chi connectivity index (χ4n) is 1.75. The first kappa shape index (κ1) is 15.0. The van der Waals surface area contributed by atoms with Gasteiger partial charge in [-0.15, -0.1) is 10.2 Å². The number of nitrogens with zero attached hydrogens (tertiary/aromatic N) is 3. The van der Waals surface area contributed by atoms with Crippen molar-refractivity contribution in [1.29, 1.82) is 0 Å². The molecule has 1 rings (SSSR count). The molecule has 102 valence electrons. The highest BCUT2D eigenvalue weighted by Gasteiger charge is 2.20. The summed E-state index contributed by atoms with van der Waals surface area (Å²) in [6, 6.07) is 0.362. The Morgan fingerprint density at radius 3 is 2.39 bits per heavy atom. The highest BCUT2D eigenvalue weighted by molar-refractivity contribution is 7.99. The molecule has 0 spiro atoms. The molecule has 1 aromatic rings. The first-order valence-electron chi connectivity index (χ1n) is 5.92. The largest absolute Gasteiger partial charge is 0.415 e. The predicted molar refractivity (Wildman–Crippen MR) is 70.0 cm³/mol. The molecule has 18 heavy (non-hydrogen) atoms. The summed E-state index contributed by atoms with van der Waals surface area (Å²) in [5.41, 5.74) is 5.37. The normalized spacial score (nSPS) is 11.3. The summed E-state index contributed by atoms with van der Waals surface area (Å²) in [6.45, 7) is 8.22. The lowest BCUT2D eigenvalue weighted by atomic mass is 10.2. The number of carbonyl (C=O) groups is 1. The summed E-state index contributed by atoms with van der Waals surface area (Å²) in [5.74, 6) is 0.745. The Bertz CT molecular complexity index is 384. The van der Waals surface area contributed by atoms with E-state index < -0.39 is 0 Å². The van der Waals surface area contributed by atoms with Crippen LogP contribution in [0.1, 0.15) is 33.6 Å². The molecule has 0 fully saturated rings. The zero-order chi connectivity index (χ0) is 13.7. The molecule has 0 saturated heterocycles. The molecular weight excluding hydrogens is 252 g/mol. The first-order valence-corrected chi connectivity index (χ1v) is 6.90. The van der Waals surface area contributed by atoms with E-state index in [4.69, 9.17) is 10.2 Å². The van der Waals surface area contributed by atoms with E-state index in [2.05, 4.69) is 10.2 Å². The number of nitrogens with two attached hydrogens (primary N) is 1. The van der Waals surface area contributed by atoms with Gasteiger partial charge in [-0.25, -0.2) is 0 Å². The Balaban J connectivity index is 2.54. The van der Waals surface area contributed by atoms with Gasteiger partial charge in [-0.1, -0.05) is 11.8 Å². The lowest BCUT2D eigenvalue weighted by Gasteiger charge is -2.30. The van der Waals surface area contributed by atoms with Crippen LogP contribution in [0.3, 0.4) is 0 Å². The van der Waals surface area contributed by atoms with Crippen molar-refractivity contribution < 1.29 is 9.21 Å². The fourth-order valence-corrected chi connectivity index (χ4v) is 2.40. The van der Waals surface area contributed by atoms with Crippen LogP contribution >= 0.6 is 11.8 Å². The van der Waals surface area contributed by atoms with Crippen molar-refractivity contribution in [2.75, 3.05) is 5.75 Å². The van der Waals surface area contributed by atoms with Crippen molar-refractivity contribution in [2.24, 2.45) is 5.73 Å². The number of hydrogen-bond donors (Lipinski definition) is 1. The zero-order valence-corrected chi connectivity index (χ0v) is 12.0. The molecule has 2 N–H and O–H groups in total. The number of rotatable bonds is 6. The van der Waals surface area contributed by atoms with Gasteiger partial charge in [0, 0.05) is 12.1 Å². The average molecular weight is 272 g/mol. The molecule has 7 heteroatoms. The van der Waals surface area contributed by atoms with Crippen molar-refractivity contribution in [1.82, 2.24) is 15.1 Å². The van der Waals surface area contributed by atoms with Crippen molar-refractivity contribution >= 4 is 17.7 Å². The van der Waals surface area contributed by atoms with E-state index >= 15 is 0 Å². The molecule has 1 amide bonds. The summed E-state index contributed by atoms with van der Waals surface area (Å²) in [4.78, 5) is 13.9. The van der Waals surface area contributed by atoms with Gasteiger partial charge in [-0.05, 0) is 27.7 Å². The van der Waals surface area contributed by atoms with Gasteiger partial charge in [0.1, 0.15) is 0 Å². The van der Waals surface area contributed by atoms with Crippen LogP contribution in [-0.2, 0) is 11.3 Å². The van der Waals surface area contributed by atoms with E-state index in [1.807, 2.05) is 32.6 Å². The number of thioether (sulfide) groups is 1. The van der Waals surface area contributed by atoms with E-state index in [9.17, 15) is 4.79 Å². The minimum Gasteiger partial charge on any atom is -0.415 e. The molecule has 0 radical (unpaired) electrons. The Hall–Kier alpha value is -1.08. The van der Waals surface area contributed by atoms with Gasteiger partial charge in [0.25, 0.3) is 5.22 Å². The molecular formula is C11H20N4O2S. The lowest BCUT2D eigenvalue weighted by molar-refractivity contribution is -0.131. The summed E-state index contributed by atoms with van der Waals surface area (Å²) in [5, 5.41) is 7.93. The number of amides is 1. The van der Waals surface area contributed by atoms with Crippen molar-refractivity contribution in [2.45, 2.75) is 51.5 Å². The van der Waals surface area contributed by atoms with Crippen LogP contribution < -0.4 is 5.73 Å². The van der Waals surface area contributed by atoms with Gasteiger partial charge in [-0.2, -0.15) is 0 Å². The number of aromatic nitrogens is 2. The highest BCUT2D eigenvalue weighted by Crippen LogP contribution is 2.18. The first-order chi connectivity index (χ1) is 8.45. The second kappa shape index (κ2) is 6.75. The molecule has 0 saturated carbocycles. The standard InChI is InChI=1S/C11H20N4O2S/c1-7(2)15(8(3)4)10(16)6-18-11-14-13-9(5-12)17-11/h7-8H,5-6,12H2,1-4H3. The van der Waals surface area contributed by atoms with Crippen LogP contribution in [0.2, 0.25) is 0 Å². The Labute approximate surface area is 111 Å². The topological polar surface area (TPSA) is 85.2 Å². The monoisotopic (exact) mass is 272 g/mol. The van der Waals surface area contributed by atoms with Crippen LogP contribution in [0, 0.1) is 0 Å². The smallest absolute Gasteiger partial charge is 0.277 e. The number of hydrogen-bond acceptors (Lipinski definition) is 6. The molecule has 1 aromatic heterocycles. The molecule has 0 bridgehead atoms. The Morgan fingerprint density at radius 1 is 1.33 bits per heavy atom. The Morgan fingerprint density at radius 2 is 1.94 bits per heavy atom. The molecule has 0 atom stereocenters. The van der Waals surface area contributed by atoms with Crippen molar-refractivity contribution in [3.8, 4) is 0 Å². The average Bonchev–Trinajstić information content (AvgIpc) is 2.73. The third-order valence-corrected chi connectivity index (χ3v) is 3.15. The van der Waals surface area contributed by atoms with Gasteiger partial charge in [0.15, 0.2) is 0 Å². The third-order valence-electron chi connectivity index (χ3n) is 2.34. The van der Waals surface area contributed by atoms with E-state index in [1.165, 1.54) is 11.8 Å². The Kier molecular flexibility index (Phi) is 5.61. The van der Waals surface area contributed by atoms with E-state index in [-0.39, 0.29) is 24.5 Å². The van der Waals surface area contributed by atoms with Crippen LogP contribution in [0.4, 0.5) is 0 Å². The van der Waals surface area contributed by atoms with Crippen LogP contribution in [0.15, 0.2) is 9.64 Å². The SMILES string of the molecule is CC(C)N(C(=O)CSc1nnc(CN)o1)C(C)C. The van der Waals surface area contributed by atoms with E-state index in [0.29, 0.717) is 16.9 Å². The highest BCUT2D eigenvalue weighted by atomic mass is 32.2. The van der Waals surface area contributed by atoms with Crippen LogP contribution in [-0.4, -0.2) is 38.8 Å². The molecule has 0 aromatic carbocycles. The van der Waals surface area contributed by atoms with Gasteiger partial charge >= 0.3 is 0 Å². The van der Waals surface area contributed by atoms with E-state index in [1.54, 1.807) is 0 Å². The minimum absolute atomic E-state index is 0.0671. The second-order valence-corrected chi connectivity index (χ2v) is 5.37. The molecule has 0 aliphatic heterocycles. The summed E-state index contributed by atoms with van der Waals surface area (Å²) in [6.07, 6.45) is 0. The van der Waals surface area contributed by atoms with Crippen molar-refractivity contribution in [3.63, 3.8) is 0 Å². The second-order valence-electron chi connectivity index (χ2n) is 4.44. The summed E-state index contributed by atoms with van der Waals surface area (Å²) in [7, 11) is 0. The minimum atomic E-state index is 0.0671. The molecule has 0 aliphatic rings.